The van der Waals surface area contributed by atoms with Gasteiger partial charge in [0.2, 0.25) is 0 Å². The third-order valence-corrected chi connectivity index (χ3v) is 3.93. The second kappa shape index (κ2) is 4.54. The minimum Gasteiger partial charge on any atom is -0.389 e. The average molecular weight is 219 g/mol. The van der Waals surface area contributed by atoms with Gasteiger partial charge in [-0.05, 0) is 36.8 Å². The number of hydrogen-bond acceptors (Lipinski definition) is 2. The summed E-state index contributed by atoms with van der Waals surface area (Å²) >= 11 is 0. The molecule has 0 bridgehead atoms. The first-order valence-electron chi connectivity index (χ1n) is 6.22. The lowest BCUT2D eigenvalue weighted by atomic mass is 9.70. The van der Waals surface area contributed by atoms with Crippen LogP contribution in [0, 0.1) is 11.8 Å². The van der Waals surface area contributed by atoms with Crippen LogP contribution in [0.4, 0.5) is 0 Å². The van der Waals surface area contributed by atoms with Crippen molar-refractivity contribution in [3.8, 4) is 0 Å². The van der Waals surface area contributed by atoms with Crippen LogP contribution in [-0.4, -0.2) is 15.7 Å². The summed E-state index contributed by atoms with van der Waals surface area (Å²) in [5, 5.41) is 10.7. The number of aliphatic hydroxyl groups is 1. The van der Waals surface area contributed by atoms with Crippen molar-refractivity contribution < 1.29 is 5.11 Å². The molecule has 1 heterocycles. The summed E-state index contributed by atoms with van der Waals surface area (Å²) < 4.78 is 0. The lowest BCUT2D eigenvalue weighted by Gasteiger charge is -2.41. The third kappa shape index (κ3) is 2.43. The molecule has 0 aliphatic heterocycles. The SMILES string of the molecule is CC1CCC(C)C(O)(Cc2ccccn2)C1. The van der Waals surface area contributed by atoms with Crippen molar-refractivity contribution in [3.05, 3.63) is 30.1 Å². The number of nitrogens with zero attached hydrogens (tertiary/aromatic N) is 1. The van der Waals surface area contributed by atoms with Crippen LogP contribution in [0.2, 0.25) is 0 Å². The van der Waals surface area contributed by atoms with E-state index in [4.69, 9.17) is 0 Å². The van der Waals surface area contributed by atoms with Crippen molar-refractivity contribution in [2.75, 3.05) is 0 Å². The van der Waals surface area contributed by atoms with Gasteiger partial charge in [0.15, 0.2) is 0 Å². The van der Waals surface area contributed by atoms with Crippen LogP contribution >= 0.6 is 0 Å². The molecule has 1 N–H and O–H groups in total. The molecular weight excluding hydrogens is 198 g/mol. The largest absolute Gasteiger partial charge is 0.389 e. The van der Waals surface area contributed by atoms with Crippen molar-refractivity contribution in [3.63, 3.8) is 0 Å². The Labute approximate surface area is 97.7 Å². The van der Waals surface area contributed by atoms with Gasteiger partial charge in [0, 0.05) is 18.3 Å². The highest BCUT2D eigenvalue weighted by molar-refractivity contribution is 5.08. The van der Waals surface area contributed by atoms with Gasteiger partial charge in [-0.3, -0.25) is 4.98 Å². The van der Waals surface area contributed by atoms with Gasteiger partial charge in [0.25, 0.3) is 0 Å². The van der Waals surface area contributed by atoms with Gasteiger partial charge in [0.05, 0.1) is 5.60 Å². The quantitative estimate of drug-likeness (QED) is 0.829. The average Bonchev–Trinajstić information content (AvgIpc) is 2.25. The molecule has 88 valence electrons. The number of aromatic nitrogens is 1. The molecule has 0 saturated heterocycles. The minimum absolute atomic E-state index is 0.380. The fourth-order valence-corrected chi connectivity index (χ4v) is 2.77. The number of rotatable bonds is 2. The van der Waals surface area contributed by atoms with Crippen molar-refractivity contribution in [2.24, 2.45) is 11.8 Å². The molecule has 3 atom stereocenters. The number of pyridine rings is 1. The highest BCUT2D eigenvalue weighted by Gasteiger charge is 2.38. The van der Waals surface area contributed by atoms with Crippen molar-refractivity contribution in [1.82, 2.24) is 4.98 Å². The molecular formula is C14H21NO. The Morgan fingerprint density at radius 1 is 1.38 bits per heavy atom. The topological polar surface area (TPSA) is 33.1 Å². The van der Waals surface area contributed by atoms with Crippen LogP contribution < -0.4 is 0 Å². The second-order valence-electron chi connectivity index (χ2n) is 5.39. The molecule has 1 fully saturated rings. The molecule has 2 heteroatoms. The first-order valence-corrected chi connectivity index (χ1v) is 6.22. The molecule has 0 radical (unpaired) electrons. The molecule has 1 aromatic rings. The molecule has 1 aliphatic rings. The first-order chi connectivity index (χ1) is 7.60. The first kappa shape index (κ1) is 11.6. The van der Waals surface area contributed by atoms with E-state index in [1.54, 1.807) is 6.20 Å². The lowest BCUT2D eigenvalue weighted by molar-refractivity contribution is -0.0566. The lowest BCUT2D eigenvalue weighted by Crippen LogP contribution is -2.43. The molecule has 1 saturated carbocycles. The van der Waals surface area contributed by atoms with E-state index < -0.39 is 5.60 Å². The summed E-state index contributed by atoms with van der Waals surface area (Å²) in [5.41, 5.74) is 0.456. The van der Waals surface area contributed by atoms with Gasteiger partial charge in [-0.15, -0.1) is 0 Å². The van der Waals surface area contributed by atoms with Crippen LogP contribution in [0.15, 0.2) is 24.4 Å². The van der Waals surface area contributed by atoms with Gasteiger partial charge >= 0.3 is 0 Å². The maximum atomic E-state index is 10.7. The zero-order valence-electron chi connectivity index (χ0n) is 10.2. The molecule has 1 aliphatic carbocycles. The third-order valence-electron chi connectivity index (χ3n) is 3.93. The van der Waals surface area contributed by atoms with Crippen LogP contribution in [0.3, 0.4) is 0 Å². The summed E-state index contributed by atoms with van der Waals surface area (Å²) in [6, 6.07) is 5.91. The zero-order valence-corrected chi connectivity index (χ0v) is 10.2. The highest BCUT2D eigenvalue weighted by Crippen LogP contribution is 2.38. The molecule has 3 unspecified atom stereocenters. The Morgan fingerprint density at radius 2 is 2.19 bits per heavy atom. The van der Waals surface area contributed by atoms with Crippen LogP contribution in [0.5, 0.6) is 0 Å². The summed E-state index contributed by atoms with van der Waals surface area (Å²) in [6.07, 6.45) is 5.77. The van der Waals surface area contributed by atoms with E-state index in [-0.39, 0.29) is 0 Å². The van der Waals surface area contributed by atoms with Gasteiger partial charge in [-0.2, -0.15) is 0 Å². The predicted molar refractivity (Wildman–Crippen MR) is 65.1 cm³/mol. The summed E-state index contributed by atoms with van der Waals surface area (Å²) in [7, 11) is 0. The maximum Gasteiger partial charge on any atom is 0.0730 e. The minimum atomic E-state index is -0.550. The van der Waals surface area contributed by atoms with Crippen molar-refractivity contribution >= 4 is 0 Å². The normalized spacial score (nSPS) is 34.9. The summed E-state index contributed by atoms with van der Waals surface area (Å²) in [6.45, 7) is 4.39. The summed E-state index contributed by atoms with van der Waals surface area (Å²) in [5.74, 6) is 1.01. The fraction of sp³-hybridized carbons (Fsp3) is 0.643. The van der Waals surface area contributed by atoms with E-state index in [1.165, 1.54) is 6.42 Å². The molecule has 1 aromatic heterocycles. The summed E-state index contributed by atoms with van der Waals surface area (Å²) in [4.78, 5) is 4.32. The Bertz CT molecular complexity index is 338. The standard InChI is InChI=1S/C14H21NO/c1-11-6-7-12(2)14(16,9-11)10-13-5-3-4-8-15-13/h3-5,8,11-12,16H,6-7,9-10H2,1-2H3. The number of hydrogen-bond donors (Lipinski definition) is 1. The second-order valence-corrected chi connectivity index (χ2v) is 5.39. The van der Waals surface area contributed by atoms with E-state index >= 15 is 0 Å². The van der Waals surface area contributed by atoms with E-state index in [2.05, 4.69) is 18.8 Å². The Morgan fingerprint density at radius 3 is 2.88 bits per heavy atom. The highest BCUT2D eigenvalue weighted by atomic mass is 16.3. The van der Waals surface area contributed by atoms with Gasteiger partial charge in [-0.1, -0.05) is 26.3 Å². The van der Waals surface area contributed by atoms with Crippen LogP contribution in [-0.2, 0) is 6.42 Å². The van der Waals surface area contributed by atoms with Crippen molar-refractivity contribution in [1.29, 1.82) is 0 Å². The molecule has 16 heavy (non-hydrogen) atoms. The van der Waals surface area contributed by atoms with E-state index in [0.717, 1.165) is 18.5 Å². The van der Waals surface area contributed by atoms with Crippen molar-refractivity contribution in [2.45, 2.75) is 45.1 Å². The van der Waals surface area contributed by atoms with Crippen LogP contribution in [0.1, 0.15) is 38.8 Å². The Hall–Kier alpha value is -0.890. The molecule has 2 nitrogen and oxygen atoms in total. The van der Waals surface area contributed by atoms with Gasteiger partial charge in [-0.25, -0.2) is 0 Å². The maximum absolute atomic E-state index is 10.7. The Kier molecular flexibility index (Phi) is 3.29. The molecule has 0 amide bonds. The monoisotopic (exact) mass is 219 g/mol. The molecule has 0 aromatic carbocycles. The van der Waals surface area contributed by atoms with Gasteiger partial charge in [0.1, 0.15) is 0 Å². The smallest absolute Gasteiger partial charge is 0.0730 e. The van der Waals surface area contributed by atoms with Gasteiger partial charge < -0.3 is 5.11 Å². The van der Waals surface area contributed by atoms with E-state index in [1.807, 2.05) is 18.2 Å². The fourth-order valence-electron chi connectivity index (χ4n) is 2.77. The van der Waals surface area contributed by atoms with Crippen LogP contribution in [0.25, 0.3) is 0 Å². The van der Waals surface area contributed by atoms with E-state index in [0.29, 0.717) is 18.3 Å². The Balaban J connectivity index is 2.12. The van der Waals surface area contributed by atoms with E-state index in [9.17, 15) is 5.11 Å². The molecule has 0 spiro atoms. The zero-order chi connectivity index (χ0) is 11.6. The molecule has 2 rings (SSSR count). The predicted octanol–water partition coefficient (Wildman–Crippen LogP) is 2.81.